The first-order chi connectivity index (χ1) is 13.5. The van der Waals surface area contributed by atoms with E-state index in [4.69, 9.17) is 14.2 Å². The third-order valence-corrected chi connectivity index (χ3v) is 5.83. The molecule has 1 N–H and O–H groups in total. The van der Waals surface area contributed by atoms with E-state index in [2.05, 4.69) is 55.6 Å². The molecule has 0 saturated carbocycles. The first-order valence-electron chi connectivity index (χ1n) is 10.1. The summed E-state index contributed by atoms with van der Waals surface area (Å²) in [4.78, 5) is 0. The zero-order valence-electron chi connectivity index (χ0n) is 17.6. The fourth-order valence-corrected chi connectivity index (χ4v) is 4.43. The van der Waals surface area contributed by atoms with Crippen LogP contribution in [-0.4, -0.2) is 33.0 Å². The van der Waals surface area contributed by atoms with Crippen molar-refractivity contribution in [2.45, 2.75) is 50.7 Å². The monoisotopic (exact) mass is 383 g/mol. The Morgan fingerprint density at radius 2 is 1.75 bits per heavy atom. The molecule has 0 aromatic heterocycles. The van der Waals surface area contributed by atoms with Crippen molar-refractivity contribution in [1.82, 2.24) is 5.32 Å². The lowest BCUT2D eigenvalue weighted by atomic mass is 9.67. The molecule has 3 rings (SSSR count). The zero-order chi connectivity index (χ0) is 20.0. The highest BCUT2D eigenvalue weighted by molar-refractivity contribution is 5.34. The van der Waals surface area contributed by atoms with Crippen LogP contribution >= 0.6 is 0 Å². The summed E-state index contributed by atoms with van der Waals surface area (Å²) in [5.74, 6) is 1.84. The van der Waals surface area contributed by atoms with Crippen LogP contribution in [0, 0.1) is 0 Å². The first-order valence-corrected chi connectivity index (χ1v) is 10.1. The topological polar surface area (TPSA) is 39.7 Å². The zero-order valence-corrected chi connectivity index (χ0v) is 17.6. The summed E-state index contributed by atoms with van der Waals surface area (Å²) in [7, 11) is 3.44. The number of hydrogen-bond donors (Lipinski definition) is 1. The minimum Gasteiger partial charge on any atom is -0.497 e. The van der Waals surface area contributed by atoms with E-state index in [1.54, 1.807) is 14.2 Å². The molecule has 28 heavy (non-hydrogen) atoms. The van der Waals surface area contributed by atoms with Crippen LogP contribution in [0.25, 0.3) is 0 Å². The lowest BCUT2D eigenvalue weighted by Crippen LogP contribution is -2.45. The van der Waals surface area contributed by atoms with E-state index in [1.807, 2.05) is 12.1 Å². The molecule has 1 unspecified atom stereocenters. The molecule has 1 saturated heterocycles. The number of rotatable bonds is 8. The standard InChI is InChI=1S/C24H33NO3/c1-23(2)18-24(14-16-28-23,20-9-11-21(26-3)12-10-20)13-15-25-17-19-7-5-6-8-22(19)27-4/h5-12,25H,13-18H2,1-4H3. The van der Waals surface area contributed by atoms with Crippen LogP contribution in [0.15, 0.2) is 48.5 Å². The predicted molar refractivity (Wildman–Crippen MR) is 113 cm³/mol. The number of hydrogen-bond acceptors (Lipinski definition) is 4. The first kappa shape index (κ1) is 20.7. The molecule has 0 aliphatic carbocycles. The largest absolute Gasteiger partial charge is 0.497 e. The van der Waals surface area contributed by atoms with Crippen LogP contribution in [0.1, 0.15) is 44.2 Å². The van der Waals surface area contributed by atoms with Gasteiger partial charge < -0.3 is 19.5 Å². The van der Waals surface area contributed by atoms with Gasteiger partial charge in [-0.2, -0.15) is 0 Å². The van der Waals surface area contributed by atoms with Gasteiger partial charge in [0.15, 0.2) is 0 Å². The van der Waals surface area contributed by atoms with Gasteiger partial charge >= 0.3 is 0 Å². The maximum absolute atomic E-state index is 6.03. The summed E-state index contributed by atoms with van der Waals surface area (Å²) in [5.41, 5.74) is 2.57. The Morgan fingerprint density at radius 1 is 1.00 bits per heavy atom. The van der Waals surface area contributed by atoms with Gasteiger partial charge in [0.2, 0.25) is 0 Å². The van der Waals surface area contributed by atoms with Crippen LogP contribution in [-0.2, 0) is 16.7 Å². The average Bonchev–Trinajstić information content (AvgIpc) is 2.71. The van der Waals surface area contributed by atoms with E-state index >= 15 is 0 Å². The maximum atomic E-state index is 6.03. The van der Waals surface area contributed by atoms with Crippen molar-refractivity contribution in [1.29, 1.82) is 0 Å². The van der Waals surface area contributed by atoms with E-state index in [9.17, 15) is 0 Å². The Kier molecular flexibility index (Phi) is 6.63. The van der Waals surface area contributed by atoms with E-state index < -0.39 is 0 Å². The lowest BCUT2D eigenvalue weighted by Gasteiger charge is -2.45. The van der Waals surface area contributed by atoms with Gasteiger partial charge in [0.1, 0.15) is 11.5 Å². The molecule has 0 amide bonds. The molecule has 1 aliphatic rings. The molecule has 1 heterocycles. The normalized spacial score (nSPS) is 21.3. The SMILES string of the molecule is COc1ccc(C2(CCNCc3ccccc3OC)CCOC(C)(C)C2)cc1. The molecule has 2 aromatic carbocycles. The second kappa shape index (κ2) is 8.97. The van der Waals surface area contributed by atoms with Gasteiger partial charge in [-0.05, 0) is 63.4 Å². The fourth-order valence-electron chi connectivity index (χ4n) is 4.43. The summed E-state index contributed by atoms with van der Waals surface area (Å²) in [6.07, 6.45) is 3.13. The average molecular weight is 384 g/mol. The molecule has 4 heteroatoms. The van der Waals surface area contributed by atoms with E-state index in [0.717, 1.165) is 50.5 Å². The van der Waals surface area contributed by atoms with Crippen molar-refractivity contribution in [2.75, 3.05) is 27.4 Å². The molecule has 2 aromatic rings. The quantitative estimate of drug-likeness (QED) is 0.670. The van der Waals surface area contributed by atoms with Crippen molar-refractivity contribution in [3.8, 4) is 11.5 Å². The minimum atomic E-state index is -0.110. The molecule has 0 bridgehead atoms. The molecular formula is C24H33NO3. The molecule has 0 spiro atoms. The second-order valence-corrected chi connectivity index (χ2v) is 8.28. The Hall–Kier alpha value is -2.04. The highest BCUT2D eigenvalue weighted by Crippen LogP contribution is 2.44. The smallest absolute Gasteiger partial charge is 0.123 e. The highest BCUT2D eigenvalue weighted by Gasteiger charge is 2.41. The molecular weight excluding hydrogens is 350 g/mol. The van der Waals surface area contributed by atoms with Gasteiger partial charge in [0.25, 0.3) is 0 Å². The summed E-state index contributed by atoms with van der Waals surface area (Å²) >= 11 is 0. The van der Waals surface area contributed by atoms with Crippen LogP contribution in [0.3, 0.4) is 0 Å². The van der Waals surface area contributed by atoms with E-state index in [0.29, 0.717) is 0 Å². The lowest BCUT2D eigenvalue weighted by molar-refractivity contribution is -0.0840. The summed E-state index contributed by atoms with van der Waals surface area (Å²) in [6.45, 7) is 6.95. The second-order valence-electron chi connectivity index (χ2n) is 8.28. The van der Waals surface area contributed by atoms with Gasteiger partial charge in [-0.25, -0.2) is 0 Å². The number of benzene rings is 2. The Balaban J connectivity index is 1.70. The Labute approximate surface area is 169 Å². The van der Waals surface area contributed by atoms with Crippen molar-refractivity contribution in [2.24, 2.45) is 0 Å². The molecule has 4 nitrogen and oxygen atoms in total. The molecule has 1 aliphatic heterocycles. The van der Waals surface area contributed by atoms with Crippen LogP contribution < -0.4 is 14.8 Å². The Morgan fingerprint density at radius 3 is 2.43 bits per heavy atom. The number of para-hydroxylation sites is 1. The van der Waals surface area contributed by atoms with Crippen LogP contribution in [0.5, 0.6) is 11.5 Å². The third kappa shape index (κ3) is 4.86. The maximum Gasteiger partial charge on any atom is 0.123 e. The predicted octanol–water partition coefficient (Wildman–Crippen LogP) is 4.71. The van der Waals surface area contributed by atoms with Crippen LogP contribution in [0.4, 0.5) is 0 Å². The fraction of sp³-hybridized carbons (Fsp3) is 0.500. The van der Waals surface area contributed by atoms with Gasteiger partial charge in [-0.3, -0.25) is 0 Å². The summed E-state index contributed by atoms with van der Waals surface area (Å²) < 4.78 is 16.8. The minimum absolute atomic E-state index is 0.110. The number of methoxy groups -OCH3 is 2. The molecule has 1 fully saturated rings. The van der Waals surface area contributed by atoms with E-state index in [-0.39, 0.29) is 11.0 Å². The molecule has 152 valence electrons. The molecule has 1 atom stereocenters. The van der Waals surface area contributed by atoms with Gasteiger partial charge in [0.05, 0.1) is 19.8 Å². The van der Waals surface area contributed by atoms with Gasteiger partial charge in [-0.1, -0.05) is 30.3 Å². The number of ether oxygens (including phenoxy) is 3. The summed E-state index contributed by atoms with van der Waals surface area (Å²) in [6, 6.07) is 16.8. The van der Waals surface area contributed by atoms with Crippen molar-refractivity contribution >= 4 is 0 Å². The van der Waals surface area contributed by atoms with Crippen molar-refractivity contribution in [3.05, 3.63) is 59.7 Å². The summed E-state index contributed by atoms with van der Waals surface area (Å²) in [5, 5.41) is 3.62. The molecule has 0 radical (unpaired) electrons. The van der Waals surface area contributed by atoms with Crippen molar-refractivity contribution < 1.29 is 14.2 Å². The number of nitrogens with one attached hydrogen (secondary N) is 1. The highest BCUT2D eigenvalue weighted by atomic mass is 16.5. The van der Waals surface area contributed by atoms with Gasteiger partial charge in [0, 0.05) is 24.1 Å². The Bertz CT molecular complexity index is 757. The van der Waals surface area contributed by atoms with Crippen LogP contribution in [0.2, 0.25) is 0 Å². The van der Waals surface area contributed by atoms with E-state index in [1.165, 1.54) is 11.1 Å². The van der Waals surface area contributed by atoms with Gasteiger partial charge in [-0.15, -0.1) is 0 Å². The van der Waals surface area contributed by atoms with Crippen molar-refractivity contribution in [3.63, 3.8) is 0 Å². The third-order valence-electron chi connectivity index (χ3n) is 5.83.